The van der Waals surface area contributed by atoms with Crippen molar-refractivity contribution in [3.63, 3.8) is 0 Å². The predicted octanol–water partition coefficient (Wildman–Crippen LogP) is 5.72. The summed E-state index contributed by atoms with van der Waals surface area (Å²) in [5.41, 5.74) is 2.46. The standard InChI is InChI=1S/C19H17Cl2NO4.C14H12ClNO4S.C3H8NO5P.C3H9S/c1-2-26-19(25)16(21)10-11-9-12(7-8-15(11)20)22-17(23)13-5-3-4-6-14(13)18(22)24;1-21(18,19)12-6-9(15)4-5-10(12)13(17)11-7-16-20-14(11)8-2-3-8;5-3(6)1-4-2-10(7,8)9;1-4(2)3/h7-10H,2-6H2,1H3;4-8H,2-3H2,1H3;4H,1-2H2,(H,5,6)(H2,7,8,9);1-3H3/q;;;+1/p-1/b16-10-;;;. The predicted molar refractivity (Wildman–Crippen MR) is 232 cm³/mol. The van der Waals surface area contributed by atoms with Gasteiger partial charge in [-0.1, -0.05) is 40.0 Å². The maximum absolute atomic E-state index is 12.7. The summed E-state index contributed by atoms with van der Waals surface area (Å²) in [5.74, 6) is -2.06. The minimum Gasteiger partial charge on any atom is -0.778 e. The van der Waals surface area contributed by atoms with Gasteiger partial charge >= 0.3 is 11.9 Å². The van der Waals surface area contributed by atoms with Crippen molar-refractivity contribution in [2.24, 2.45) is 0 Å². The van der Waals surface area contributed by atoms with Gasteiger partial charge in [-0.2, -0.15) is 0 Å². The van der Waals surface area contributed by atoms with E-state index in [1.807, 2.05) is 5.32 Å². The molecule has 1 aromatic heterocycles. The van der Waals surface area contributed by atoms with Crippen molar-refractivity contribution in [2.45, 2.75) is 56.3 Å². The molecule has 16 nitrogen and oxygen atoms in total. The summed E-state index contributed by atoms with van der Waals surface area (Å²) in [6, 6.07) is 8.94. The van der Waals surface area contributed by atoms with Crippen LogP contribution in [-0.4, -0.2) is 97.6 Å². The summed E-state index contributed by atoms with van der Waals surface area (Å²) in [6.45, 7) is 1.40. The van der Waals surface area contributed by atoms with Gasteiger partial charge in [0.25, 0.3) is 11.8 Å². The minimum absolute atomic E-state index is 0.0806. The molecule has 0 saturated heterocycles. The lowest BCUT2D eigenvalue weighted by atomic mass is 9.93. The Labute approximate surface area is 371 Å². The number of carboxylic acids is 1. The van der Waals surface area contributed by atoms with E-state index in [1.165, 1.54) is 35.4 Å². The van der Waals surface area contributed by atoms with Crippen molar-refractivity contribution in [2.75, 3.05) is 49.4 Å². The van der Waals surface area contributed by atoms with E-state index in [2.05, 4.69) is 23.9 Å². The summed E-state index contributed by atoms with van der Waals surface area (Å²) in [6.07, 6.45) is 14.6. The first-order valence-corrected chi connectivity index (χ1v) is 25.6. The van der Waals surface area contributed by atoms with Crippen LogP contribution in [0.4, 0.5) is 5.69 Å². The van der Waals surface area contributed by atoms with Gasteiger partial charge in [-0.25, -0.2) is 18.1 Å². The van der Waals surface area contributed by atoms with E-state index >= 15 is 0 Å². The lowest BCUT2D eigenvalue weighted by Gasteiger charge is -2.16. The van der Waals surface area contributed by atoms with Gasteiger partial charge in [0.05, 0.1) is 60.5 Å². The van der Waals surface area contributed by atoms with Gasteiger partial charge in [0.2, 0.25) is 0 Å². The van der Waals surface area contributed by atoms with Gasteiger partial charge in [-0.15, -0.1) is 0 Å². The highest BCUT2D eigenvalue weighted by Crippen LogP contribution is 2.42. The molecule has 0 spiro atoms. The number of carbonyl (C=O) groups is 5. The van der Waals surface area contributed by atoms with Crippen LogP contribution in [0.25, 0.3) is 6.08 Å². The molecular weight excluding hydrogens is 920 g/mol. The zero-order chi connectivity index (χ0) is 45.8. The maximum Gasteiger partial charge on any atom is 0.349 e. The normalized spacial score (nSPS) is 16.0. The molecule has 1 fully saturated rings. The lowest BCUT2D eigenvalue weighted by Crippen LogP contribution is -2.31. The number of rotatable bonds is 12. The molecule has 61 heavy (non-hydrogen) atoms. The molecule has 6 rings (SSSR count). The minimum atomic E-state index is -4.35. The molecule has 3 aliphatic rings. The summed E-state index contributed by atoms with van der Waals surface area (Å²) in [5, 5.41) is 14.1. The van der Waals surface area contributed by atoms with Crippen LogP contribution in [0.15, 0.2) is 68.2 Å². The molecule has 22 heteroatoms. The van der Waals surface area contributed by atoms with E-state index in [9.17, 15) is 41.8 Å². The average molecular weight is 965 g/mol. The fourth-order valence-electron chi connectivity index (χ4n) is 5.65. The number of amides is 2. The first-order valence-electron chi connectivity index (χ1n) is 18.3. The van der Waals surface area contributed by atoms with Crippen LogP contribution in [0.1, 0.15) is 78.6 Å². The molecule has 3 N–H and O–H groups in total. The Morgan fingerprint density at radius 2 is 1.64 bits per heavy atom. The van der Waals surface area contributed by atoms with Gasteiger partial charge in [0.1, 0.15) is 12.6 Å². The summed E-state index contributed by atoms with van der Waals surface area (Å²) in [4.78, 5) is 78.5. The number of carboxylic acid groups (broad SMARTS) is 1. The SMILES string of the molecule is CCOC(=O)/C(Cl)=C/c1cc(N2C(=O)C3=C(CCCC3)C2=O)ccc1Cl.CS(=O)(=O)c1cc(Cl)ccc1C(=O)c1cnoc1C1CC1.C[S+](C)C.O=C(O)CNCP(=O)([O-])O. The van der Waals surface area contributed by atoms with Gasteiger partial charge in [-0.05, 0) is 104 Å². The van der Waals surface area contributed by atoms with Crippen LogP contribution in [0, 0.1) is 0 Å². The number of sulfone groups is 1. The Kier molecular flexibility index (Phi) is 19.4. The molecule has 332 valence electrons. The quantitative estimate of drug-likeness (QED) is 0.0490. The highest BCUT2D eigenvalue weighted by molar-refractivity contribution is 7.94. The summed E-state index contributed by atoms with van der Waals surface area (Å²) >= 11 is 18.0. The number of halogens is 3. The van der Waals surface area contributed by atoms with Gasteiger partial charge in [0.15, 0.2) is 21.4 Å². The van der Waals surface area contributed by atoms with E-state index in [0.717, 1.165) is 31.9 Å². The molecule has 2 amide bonds. The van der Waals surface area contributed by atoms with Crippen LogP contribution < -0.4 is 15.1 Å². The maximum atomic E-state index is 12.7. The average Bonchev–Trinajstić information content (AvgIpc) is 3.83. The Hall–Kier alpha value is -3.84. The van der Waals surface area contributed by atoms with Crippen molar-refractivity contribution in [3.8, 4) is 0 Å². The number of imide groups is 1. The molecule has 1 aliphatic heterocycles. The third-order valence-electron chi connectivity index (χ3n) is 8.35. The van der Waals surface area contributed by atoms with Gasteiger partial charge < -0.3 is 28.7 Å². The van der Waals surface area contributed by atoms with E-state index in [4.69, 9.17) is 54.1 Å². The third-order valence-corrected chi connectivity index (χ3v) is 11.0. The number of aliphatic carboxylic acids is 1. The molecule has 1 saturated carbocycles. The molecule has 1 atom stereocenters. The van der Waals surface area contributed by atoms with E-state index in [1.54, 1.807) is 25.1 Å². The zero-order valence-electron chi connectivity index (χ0n) is 33.7. The molecule has 1 unspecified atom stereocenters. The Morgan fingerprint density at radius 1 is 1.05 bits per heavy atom. The third kappa shape index (κ3) is 15.8. The number of hydrogen-bond acceptors (Lipinski definition) is 13. The first kappa shape index (κ1) is 51.5. The van der Waals surface area contributed by atoms with Crippen LogP contribution in [0.5, 0.6) is 0 Å². The molecule has 2 aromatic carbocycles. The Bertz CT molecular complexity index is 2330. The number of aromatic nitrogens is 1. The molecule has 3 aromatic rings. The summed E-state index contributed by atoms with van der Waals surface area (Å²) in [7, 11) is -7.27. The second kappa shape index (κ2) is 23.0. The van der Waals surface area contributed by atoms with Crippen LogP contribution >= 0.6 is 42.4 Å². The monoisotopic (exact) mass is 963 g/mol. The van der Waals surface area contributed by atoms with Crippen LogP contribution in [-0.2, 0) is 49.2 Å². The molecule has 2 heterocycles. The Morgan fingerprint density at radius 3 is 2.15 bits per heavy atom. The summed E-state index contributed by atoms with van der Waals surface area (Å²) < 4.78 is 43.6. The van der Waals surface area contributed by atoms with Crippen molar-refractivity contribution in [3.05, 3.63) is 91.3 Å². The molecule has 0 radical (unpaired) electrons. The molecule has 0 bridgehead atoms. The highest BCUT2D eigenvalue weighted by atomic mass is 35.5. The number of ketones is 1. The second-order valence-electron chi connectivity index (χ2n) is 14.0. The van der Waals surface area contributed by atoms with Crippen molar-refractivity contribution < 1.29 is 61.1 Å². The number of esters is 1. The largest absolute Gasteiger partial charge is 0.778 e. The number of carbonyl (C=O) groups excluding carboxylic acids is 4. The van der Waals surface area contributed by atoms with E-state index in [-0.39, 0.29) is 44.9 Å². The van der Waals surface area contributed by atoms with E-state index < -0.39 is 48.0 Å². The molecule has 2 aliphatic carbocycles. The fourth-order valence-corrected chi connectivity index (χ4v) is 7.53. The van der Waals surface area contributed by atoms with Crippen LogP contribution in [0.2, 0.25) is 10.0 Å². The highest BCUT2D eigenvalue weighted by Gasteiger charge is 2.40. The number of benzene rings is 2. The number of anilines is 1. The van der Waals surface area contributed by atoms with Crippen LogP contribution in [0.3, 0.4) is 0 Å². The fraction of sp³-hybridized carbons (Fsp3) is 0.385. The van der Waals surface area contributed by atoms with Crippen molar-refractivity contribution in [1.82, 2.24) is 10.5 Å². The van der Waals surface area contributed by atoms with Gasteiger partial charge in [-0.3, -0.25) is 24.5 Å². The lowest BCUT2D eigenvalue weighted by molar-refractivity contribution is -0.193. The van der Waals surface area contributed by atoms with Crippen molar-refractivity contribution in [1.29, 1.82) is 0 Å². The number of nitrogens with one attached hydrogen (secondary N) is 1. The second-order valence-corrected chi connectivity index (χ2v) is 21.3. The first-order chi connectivity index (χ1) is 28.5. The zero-order valence-corrected chi connectivity index (χ0v) is 38.5. The number of hydrogen-bond donors (Lipinski definition) is 3. The number of nitrogens with zero attached hydrogens (tertiary/aromatic N) is 2. The van der Waals surface area contributed by atoms with Crippen molar-refractivity contribution >= 4 is 104 Å². The van der Waals surface area contributed by atoms with E-state index in [0.29, 0.717) is 62.5 Å². The molecular formula is C39H45Cl3N3O13PS2. The van der Waals surface area contributed by atoms with Gasteiger partial charge in [0, 0.05) is 38.9 Å². The number of ether oxygens (including phenoxy) is 1. The topological polar surface area (TPSA) is 251 Å². The Balaban J connectivity index is 0.000000253. The smallest absolute Gasteiger partial charge is 0.349 e.